The molecule has 5 N–H and O–H groups in total. The van der Waals surface area contributed by atoms with Crippen LogP contribution in [0.25, 0.3) is 10.8 Å². The number of nitrogens with zero attached hydrogens (tertiary/aromatic N) is 1. The number of carboxylic acid groups (broad SMARTS) is 1. The maximum absolute atomic E-state index is 14.0. The summed E-state index contributed by atoms with van der Waals surface area (Å²) < 4.78 is 28.4. The van der Waals surface area contributed by atoms with Crippen molar-refractivity contribution in [2.24, 2.45) is 23.7 Å². The molecule has 14 heteroatoms. The van der Waals surface area contributed by atoms with Gasteiger partial charge in [0.25, 0.3) is 0 Å². The highest BCUT2D eigenvalue weighted by atomic mass is 35.5. The minimum atomic E-state index is -4.17. The molecule has 3 aliphatic heterocycles. The molecule has 3 aliphatic rings. The monoisotopic (exact) mass is 741 g/mol. The number of sulfonamides is 1. The van der Waals surface area contributed by atoms with Crippen molar-refractivity contribution in [3.63, 3.8) is 0 Å². The van der Waals surface area contributed by atoms with E-state index in [1.165, 1.54) is 12.1 Å². The van der Waals surface area contributed by atoms with E-state index < -0.39 is 34.5 Å². The quantitative estimate of drug-likeness (QED) is 0.195. The van der Waals surface area contributed by atoms with Crippen LogP contribution in [0.2, 0.25) is 0 Å². The Morgan fingerprint density at radius 2 is 1.45 bits per heavy atom. The molecule has 274 valence electrons. The zero-order valence-electron chi connectivity index (χ0n) is 28.1. The van der Waals surface area contributed by atoms with Crippen LogP contribution in [0.1, 0.15) is 64.2 Å². The van der Waals surface area contributed by atoms with Gasteiger partial charge in [-0.25, -0.2) is 8.42 Å². The molecular formula is C35H53Cl2N5O6S. The average molecular weight is 743 g/mol. The number of piperidine rings is 3. The lowest BCUT2D eigenvalue weighted by atomic mass is 9.83. The lowest BCUT2D eigenvalue weighted by molar-refractivity contribution is -0.140. The Bertz CT molecular complexity index is 1460. The Labute approximate surface area is 303 Å². The topological polar surface area (TPSA) is 157 Å². The molecule has 11 nitrogen and oxygen atoms in total. The average Bonchev–Trinajstić information content (AvgIpc) is 3.10. The minimum Gasteiger partial charge on any atom is -0.480 e. The lowest BCUT2D eigenvalue weighted by Crippen LogP contribution is -2.51. The molecule has 3 saturated heterocycles. The van der Waals surface area contributed by atoms with Crippen LogP contribution in [0.3, 0.4) is 0 Å². The molecule has 2 aromatic rings. The Hall–Kier alpha value is -2.48. The van der Waals surface area contributed by atoms with E-state index in [1.807, 2.05) is 17.0 Å². The molecule has 0 aromatic heterocycles. The number of halogens is 2. The van der Waals surface area contributed by atoms with Gasteiger partial charge < -0.3 is 26.0 Å². The predicted molar refractivity (Wildman–Crippen MR) is 196 cm³/mol. The summed E-state index contributed by atoms with van der Waals surface area (Å²) in [6.07, 6.45) is 9.73. The molecule has 5 rings (SSSR count). The van der Waals surface area contributed by atoms with E-state index in [2.05, 4.69) is 20.7 Å². The molecule has 2 unspecified atom stereocenters. The molecular weight excluding hydrogens is 689 g/mol. The minimum absolute atomic E-state index is 0. The fourth-order valence-corrected chi connectivity index (χ4v) is 8.60. The van der Waals surface area contributed by atoms with Gasteiger partial charge in [0.1, 0.15) is 6.04 Å². The first-order valence-electron chi connectivity index (χ1n) is 17.4. The first-order chi connectivity index (χ1) is 22.7. The Morgan fingerprint density at radius 3 is 2.04 bits per heavy atom. The maximum atomic E-state index is 14.0. The number of carbonyl (C=O) groups is 3. The number of likely N-dealkylation sites (tertiary alicyclic amines) is 1. The summed E-state index contributed by atoms with van der Waals surface area (Å²) in [6.45, 7) is 4.65. The van der Waals surface area contributed by atoms with E-state index in [0.717, 1.165) is 82.9 Å². The highest BCUT2D eigenvalue weighted by molar-refractivity contribution is 7.89. The van der Waals surface area contributed by atoms with Gasteiger partial charge in [-0.15, -0.1) is 24.8 Å². The molecule has 3 heterocycles. The van der Waals surface area contributed by atoms with Gasteiger partial charge >= 0.3 is 5.97 Å². The van der Waals surface area contributed by atoms with E-state index in [0.29, 0.717) is 43.2 Å². The summed E-state index contributed by atoms with van der Waals surface area (Å²) in [5.41, 5.74) is 0. The number of carboxylic acids is 1. The smallest absolute Gasteiger partial charge is 0.323 e. The maximum Gasteiger partial charge on any atom is 0.323 e. The zero-order chi connectivity index (χ0) is 33.2. The number of rotatable bonds is 14. The summed E-state index contributed by atoms with van der Waals surface area (Å²) in [7, 11) is -4.17. The number of nitrogens with one attached hydrogen (secondary N) is 4. The van der Waals surface area contributed by atoms with Gasteiger partial charge in [0.15, 0.2) is 0 Å². The van der Waals surface area contributed by atoms with Crippen molar-refractivity contribution in [2.45, 2.75) is 75.1 Å². The van der Waals surface area contributed by atoms with Crippen LogP contribution in [0.5, 0.6) is 0 Å². The molecule has 3 fully saturated rings. The van der Waals surface area contributed by atoms with Crippen LogP contribution < -0.4 is 20.7 Å². The third kappa shape index (κ3) is 11.8. The van der Waals surface area contributed by atoms with Crippen LogP contribution in [0.4, 0.5) is 0 Å². The number of hydrogen-bond acceptors (Lipinski definition) is 7. The number of benzene rings is 2. The lowest BCUT2D eigenvalue weighted by Gasteiger charge is -2.35. The van der Waals surface area contributed by atoms with Gasteiger partial charge in [0, 0.05) is 25.6 Å². The largest absolute Gasteiger partial charge is 0.480 e. The van der Waals surface area contributed by atoms with Crippen LogP contribution >= 0.6 is 24.8 Å². The van der Waals surface area contributed by atoms with Crippen LogP contribution in [0.15, 0.2) is 47.4 Å². The highest BCUT2D eigenvalue weighted by Crippen LogP contribution is 2.29. The number of amides is 2. The van der Waals surface area contributed by atoms with Crippen molar-refractivity contribution >= 4 is 63.4 Å². The van der Waals surface area contributed by atoms with Crippen molar-refractivity contribution in [3.8, 4) is 0 Å². The predicted octanol–water partition coefficient (Wildman–Crippen LogP) is 3.95. The normalized spacial score (nSPS) is 19.9. The summed E-state index contributed by atoms with van der Waals surface area (Å²) >= 11 is 0. The summed E-state index contributed by atoms with van der Waals surface area (Å²) in [5, 5.41) is 20.9. The number of hydrogen-bond donors (Lipinski definition) is 5. The van der Waals surface area contributed by atoms with Crippen LogP contribution in [-0.2, 0) is 24.4 Å². The molecule has 0 saturated carbocycles. The Morgan fingerprint density at radius 1 is 0.857 bits per heavy atom. The van der Waals surface area contributed by atoms with E-state index >= 15 is 0 Å². The highest BCUT2D eigenvalue weighted by Gasteiger charge is 2.34. The van der Waals surface area contributed by atoms with Crippen LogP contribution in [0, 0.1) is 23.7 Å². The van der Waals surface area contributed by atoms with Gasteiger partial charge in [-0.1, -0.05) is 30.3 Å². The van der Waals surface area contributed by atoms with E-state index in [4.69, 9.17) is 0 Å². The second kappa shape index (κ2) is 19.8. The van der Waals surface area contributed by atoms with Crippen molar-refractivity contribution in [3.05, 3.63) is 42.5 Å². The second-order valence-corrected chi connectivity index (χ2v) is 15.3. The van der Waals surface area contributed by atoms with E-state index in [9.17, 15) is 27.9 Å². The molecule has 0 radical (unpaired) electrons. The van der Waals surface area contributed by atoms with Gasteiger partial charge in [-0.3, -0.25) is 14.4 Å². The second-order valence-electron chi connectivity index (χ2n) is 13.6. The zero-order valence-corrected chi connectivity index (χ0v) is 30.6. The molecule has 0 bridgehead atoms. The van der Waals surface area contributed by atoms with Crippen molar-refractivity contribution < 1.29 is 27.9 Å². The fraction of sp³-hybridized carbons (Fsp3) is 0.629. The van der Waals surface area contributed by atoms with Gasteiger partial charge in [0.2, 0.25) is 21.8 Å². The Balaban J connectivity index is 0.00000325. The standard InChI is InChI=1S/C35H51N5O6S.2ClH/c41-33(38-23-32(35(43)44)39-47(45,46)31-12-11-27-4-1-2-5-29(27)22-31)30-6-3-21-40(24-30)34(42)28(9-7-25-13-17-36-18-14-25)10-8-26-15-19-37-20-16-26;;/h1-2,4-5,11-12,22,25-26,28,30,32,36-37,39H,3,6-10,13-21,23-24H2,(H,38,41)(H,43,44);2*1H. The molecule has 0 spiro atoms. The third-order valence-electron chi connectivity index (χ3n) is 10.3. The molecule has 2 atom stereocenters. The van der Waals surface area contributed by atoms with Crippen molar-refractivity contribution in [1.29, 1.82) is 0 Å². The van der Waals surface area contributed by atoms with Gasteiger partial charge in [-0.2, -0.15) is 4.72 Å². The van der Waals surface area contributed by atoms with Crippen molar-refractivity contribution in [2.75, 3.05) is 45.8 Å². The molecule has 0 aliphatic carbocycles. The first-order valence-corrected chi connectivity index (χ1v) is 18.9. The summed E-state index contributed by atoms with van der Waals surface area (Å²) in [5.74, 6) is -0.856. The molecule has 2 amide bonds. The Kier molecular flexibility index (Phi) is 16.5. The van der Waals surface area contributed by atoms with Crippen LogP contribution in [-0.4, -0.2) is 88.1 Å². The first kappa shape index (κ1) is 40.9. The van der Waals surface area contributed by atoms with E-state index in [-0.39, 0.29) is 47.4 Å². The fourth-order valence-electron chi connectivity index (χ4n) is 7.37. The SMILES string of the molecule is Cl.Cl.O=C(NCC(NS(=O)(=O)c1ccc2ccccc2c1)C(=O)O)C1CCCN(C(=O)C(CCC2CCNCC2)CCC2CCNCC2)C1. The number of aliphatic carboxylic acids is 1. The molecule has 2 aromatic carbocycles. The summed E-state index contributed by atoms with van der Waals surface area (Å²) in [6, 6.07) is 10.3. The number of carbonyl (C=O) groups excluding carboxylic acids is 2. The third-order valence-corrected chi connectivity index (χ3v) is 11.8. The van der Waals surface area contributed by atoms with Gasteiger partial charge in [0.05, 0.1) is 10.8 Å². The van der Waals surface area contributed by atoms with E-state index in [1.54, 1.807) is 18.2 Å². The summed E-state index contributed by atoms with van der Waals surface area (Å²) in [4.78, 5) is 41.1. The van der Waals surface area contributed by atoms with Gasteiger partial charge in [-0.05, 0) is 125 Å². The van der Waals surface area contributed by atoms with Crippen molar-refractivity contribution in [1.82, 2.24) is 25.6 Å². The molecule has 49 heavy (non-hydrogen) atoms. The number of fused-ring (bicyclic) bond motifs is 1.